The predicted octanol–water partition coefficient (Wildman–Crippen LogP) is 3.92. The van der Waals surface area contributed by atoms with E-state index in [9.17, 15) is 14.0 Å². The van der Waals surface area contributed by atoms with Crippen LogP contribution in [0.25, 0.3) is 6.08 Å². The molecule has 32 heavy (non-hydrogen) atoms. The summed E-state index contributed by atoms with van der Waals surface area (Å²) in [4.78, 5) is 26.3. The Labute approximate surface area is 187 Å². The summed E-state index contributed by atoms with van der Waals surface area (Å²) in [5, 5.41) is 5.70. The molecule has 0 aliphatic carbocycles. The fourth-order valence-corrected chi connectivity index (χ4v) is 3.51. The fourth-order valence-electron chi connectivity index (χ4n) is 3.51. The van der Waals surface area contributed by atoms with Crippen LogP contribution in [0.2, 0.25) is 0 Å². The molecule has 0 bridgehead atoms. The van der Waals surface area contributed by atoms with Crippen molar-refractivity contribution in [3.8, 4) is 11.5 Å². The second kappa shape index (κ2) is 11.2. The third-order valence-corrected chi connectivity index (χ3v) is 5.40. The van der Waals surface area contributed by atoms with E-state index in [0.29, 0.717) is 42.7 Å². The highest BCUT2D eigenvalue weighted by Gasteiger charge is 2.23. The molecule has 1 saturated heterocycles. The van der Waals surface area contributed by atoms with Gasteiger partial charge in [-0.2, -0.15) is 0 Å². The number of hydrogen-bond acceptors (Lipinski definition) is 4. The van der Waals surface area contributed by atoms with E-state index >= 15 is 0 Å². The smallest absolute Gasteiger partial charge is 0.321 e. The average molecular weight is 442 g/mol. The maximum absolute atomic E-state index is 13.0. The van der Waals surface area contributed by atoms with Gasteiger partial charge in [-0.3, -0.25) is 4.79 Å². The Morgan fingerprint density at radius 1 is 1.06 bits per heavy atom. The largest absolute Gasteiger partial charge is 0.493 e. The maximum atomic E-state index is 13.0. The van der Waals surface area contributed by atoms with E-state index in [4.69, 9.17) is 9.47 Å². The van der Waals surface area contributed by atoms with Gasteiger partial charge in [0.2, 0.25) is 5.91 Å². The molecule has 0 radical (unpaired) electrons. The van der Waals surface area contributed by atoms with Crippen molar-refractivity contribution in [1.82, 2.24) is 10.2 Å². The fraction of sp³-hybridized carbons (Fsp3) is 0.333. The van der Waals surface area contributed by atoms with Crippen LogP contribution in [-0.4, -0.2) is 50.7 Å². The van der Waals surface area contributed by atoms with E-state index in [-0.39, 0.29) is 17.8 Å². The summed E-state index contributed by atoms with van der Waals surface area (Å²) in [7, 11) is 3.14. The SMILES string of the molecule is COc1ccc(/C=C/C(=O)NCC2CCN(C(=O)Nc3ccc(F)cc3)CC2)cc1OC. The zero-order chi connectivity index (χ0) is 22.9. The molecular weight excluding hydrogens is 413 g/mol. The van der Waals surface area contributed by atoms with Gasteiger partial charge >= 0.3 is 6.03 Å². The molecule has 2 aromatic rings. The minimum atomic E-state index is -0.343. The van der Waals surface area contributed by atoms with E-state index < -0.39 is 0 Å². The number of ether oxygens (including phenoxy) is 2. The Kier molecular flexibility index (Phi) is 8.08. The van der Waals surface area contributed by atoms with Crippen LogP contribution < -0.4 is 20.1 Å². The van der Waals surface area contributed by atoms with Gasteiger partial charge < -0.3 is 25.0 Å². The number of rotatable bonds is 7. The van der Waals surface area contributed by atoms with Crippen LogP contribution in [0.4, 0.5) is 14.9 Å². The van der Waals surface area contributed by atoms with Crippen LogP contribution in [-0.2, 0) is 4.79 Å². The molecule has 1 aliphatic heterocycles. The Morgan fingerprint density at radius 2 is 1.75 bits per heavy atom. The summed E-state index contributed by atoms with van der Waals surface area (Å²) in [6.07, 6.45) is 4.82. The summed E-state index contributed by atoms with van der Waals surface area (Å²) in [5.74, 6) is 1.03. The van der Waals surface area contributed by atoms with Gasteiger partial charge in [-0.1, -0.05) is 6.07 Å². The summed E-state index contributed by atoms with van der Waals surface area (Å²) in [6, 6.07) is 10.9. The van der Waals surface area contributed by atoms with Gasteiger partial charge in [0.25, 0.3) is 0 Å². The average Bonchev–Trinajstić information content (AvgIpc) is 2.82. The van der Waals surface area contributed by atoms with Gasteiger partial charge in [0.15, 0.2) is 11.5 Å². The standard InChI is InChI=1S/C24H28FN3O4/c1-31-21-9-3-17(15-22(21)32-2)4-10-23(29)26-16-18-11-13-28(14-12-18)24(30)27-20-7-5-19(25)6-8-20/h3-10,15,18H,11-14,16H2,1-2H3,(H,26,29)(H,27,30)/b10-4+. The van der Waals surface area contributed by atoms with E-state index in [1.54, 1.807) is 37.3 Å². The van der Waals surface area contributed by atoms with Crippen molar-refractivity contribution in [2.75, 3.05) is 39.2 Å². The minimum absolute atomic E-state index is 0.170. The second-order valence-electron chi connectivity index (χ2n) is 7.56. The number of likely N-dealkylation sites (tertiary alicyclic amines) is 1. The molecule has 2 N–H and O–H groups in total. The van der Waals surface area contributed by atoms with Gasteiger partial charge in [-0.15, -0.1) is 0 Å². The number of halogens is 1. The van der Waals surface area contributed by atoms with Crippen molar-refractivity contribution in [2.24, 2.45) is 5.92 Å². The summed E-state index contributed by atoms with van der Waals surface area (Å²) in [6.45, 7) is 1.77. The van der Waals surface area contributed by atoms with Crippen molar-refractivity contribution in [3.63, 3.8) is 0 Å². The van der Waals surface area contributed by atoms with Crippen LogP contribution in [0.5, 0.6) is 11.5 Å². The number of piperidine rings is 1. The lowest BCUT2D eigenvalue weighted by atomic mass is 9.97. The predicted molar refractivity (Wildman–Crippen MR) is 121 cm³/mol. The van der Waals surface area contributed by atoms with Crippen molar-refractivity contribution in [2.45, 2.75) is 12.8 Å². The van der Waals surface area contributed by atoms with Crippen LogP contribution in [0.15, 0.2) is 48.5 Å². The quantitative estimate of drug-likeness (QED) is 0.639. The van der Waals surface area contributed by atoms with Crippen molar-refractivity contribution in [1.29, 1.82) is 0 Å². The molecule has 2 aromatic carbocycles. The molecule has 7 nitrogen and oxygen atoms in total. The molecule has 1 aliphatic rings. The Bertz CT molecular complexity index is 954. The molecule has 0 aromatic heterocycles. The van der Waals surface area contributed by atoms with Gasteiger partial charge in [0, 0.05) is 31.4 Å². The summed E-state index contributed by atoms with van der Waals surface area (Å²) in [5.41, 5.74) is 1.39. The van der Waals surface area contributed by atoms with Gasteiger partial charge in [0.1, 0.15) is 5.82 Å². The van der Waals surface area contributed by atoms with Gasteiger partial charge in [-0.25, -0.2) is 9.18 Å². The third kappa shape index (κ3) is 6.47. The Hall–Kier alpha value is -3.55. The van der Waals surface area contributed by atoms with Crippen molar-refractivity contribution >= 4 is 23.7 Å². The van der Waals surface area contributed by atoms with Crippen LogP contribution in [0.3, 0.4) is 0 Å². The summed E-state index contributed by atoms with van der Waals surface area (Å²) < 4.78 is 23.5. The Morgan fingerprint density at radius 3 is 2.41 bits per heavy atom. The second-order valence-corrected chi connectivity index (χ2v) is 7.56. The first-order valence-electron chi connectivity index (χ1n) is 10.5. The number of anilines is 1. The number of benzene rings is 2. The molecule has 0 unspecified atom stereocenters. The van der Waals surface area contributed by atoms with Crippen LogP contribution >= 0.6 is 0 Å². The number of urea groups is 1. The molecule has 0 spiro atoms. The summed E-state index contributed by atoms with van der Waals surface area (Å²) >= 11 is 0. The lowest BCUT2D eigenvalue weighted by molar-refractivity contribution is -0.116. The van der Waals surface area contributed by atoms with Gasteiger partial charge in [0.05, 0.1) is 14.2 Å². The van der Waals surface area contributed by atoms with Crippen LogP contribution in [0.1, 0.15) is 18.4 Å². The highest BCUT2D eigenvalue weighted by molar-refractivity contribution is 5.92. The first-order chi connectivity index (χ1) is 15.5. The molecular formula is C24H28FN3O4. The number of carbonyl (C=O) groups is 2. The Balaban J connectivity index is 1.40. The van der Waals surface area contributed by atoms with E-state index in [1.807, 2.05) is 6.07 Å². The van der Waals surface area contributed by atoms with E-state index in [1.165, 1.54) is 30.3 Å². The van der Waals surface area contributed by atoms with Crippen molar-refractivity contribution in [3.05, 3.63) is 59.9 Å². The molecule has 3 amide bonds. The third-order valence-electron chi connectivity index (χ3n) is 5.40. The zero-order valence-corrected chi connectivity index (χ0v) is 18.3. The van der Waals surface area contributed by atoms with Crippen LogP contribution in [0, 0.1) is 11.7 Å². The number of carbonyl (C=O) groups excluding carboxylic acids is 2. The maximum Gasteiger partial charge on any atom is 0.321 e. The topological polar surface area (TPSA) is 79.9 Å². The molecule has 0 saturated carbocycles. The van der Waals surface area contributed by atoms with Crippen molar-refractivity contribution < 1.29 is 23.5 Å². The number of amides is 3. The first-order valence-corrected chi connectivity index (χ1v) is 10.5. The lowest BCUT2D eigenvalue weighted by Gasteiger charge is -2.32. The van der Waals surface area contributed by atoms with Gasteiger partial charge in [-0.05, 0) is 66.8 Å². The molecule has 1 fully saturated rings. The normalized spacial score (nSPS) is 14.3. The first kappa shape index (κ1) is 23.1. The number of hydrogen-bond donors (Lipinski definition) is 2. The monoisotopic (exact) mass is 441 g/mol. The highest BCUT2D eigenvalue weighted by atomic mass is 19.1. The molecule has 0 atom stereocenters. The van der Waals surface area contributed by atoms with E-state index in [0.717, 1.165) is 18.4 Å². The number of nitrogens with zero attached hydrogens (tertiary/aromatic N) is 1. The molecule has 8 heteroatoms. The minimum Gasteiger partial charge on any atom is -0.493 e. The molecule has 3 rings (SSSR count). The molecule has 170 valence electrons. The number of nitrogens with one attached hydrogen (secondary N) is 2. The highest BCUT2D eigenvalue weighted by Crippen LogP contribution is 2.28. The lowest BCUT2D eigenvalue weighted by Crippen LogP contribution is -2.43. The zero-order valence-electron chi connectivity index (χ0n) is 18.3. The molecule has 1 heterocycles. The van der Waals surface area contributed by atoms with E-state index in [2.05, 4.69) is 10.6 Å². The number of methoxy groups -OCH3 is 2.